The molecule has 0 aliphatic heterocycles. The van der Waals surface area contributed by atoms with Crippen molar-refractivity contribution in [3.8, 4) is 0 Å². The number of carbonyl (C=O) groups excluding carboxylic acids is 1. The van der Waals surface area contributed by atoms with Gasteiger partial charge in [-0.1, -0.05) is 6.92 Å². The first-order valence-corrected chi connectivity index (χ1v) is 6.73. The smallest absolute Gasteiger partial charge is 0.307 e. The molecule has 2 unspecified atom stereocenters. The van der Waals surface area contributed by atoms with Crippen LogP contribution in [0.2, 0.25) is 0 Å². The lowest BCUT2D eigenvalue weighted by molar-refractivity contribution is -0.141. The van der Waals surface area contributed by atoms with Gasteiger partial charge in [0.25, 0.3) is 0 Å². The van der Waals surface area contributed by atoms with E-state index in [9.17, 15) is 13.6 Å². The van der Waals surface area contributed by atoms with E-state index in [1.54, 1.807) is 0 Å². The quantitative estimate of drug-likeness (QED) is 0.783. The first kappa shape index (κ1) is 16.6. The molecule has 1 rings (SSSR count). The van der Waals surface area contributed by atoms with Crippen LogP contribution in [0, 0.1) is 11.6 Å². The molecular weight excluding hydrogens is 264 g/mol. The van der Waals surface area contributed by atoms with E-state index in [0.717, 1.165) is 24.6 Å². The van der Waals surface area contributed by atoms with Crippen molar-refractivity contribution >= 4 is 5.97 Å². The second-order valence-electron chi connectivity index (χ2n) is 4.89. The zero-order valence-corrected chi connectivity index (χ0v) is 12.1. The van der Waals surface area contributed by atoms with E-state index in [2.05, 4.69) is 10.1 Å². The van der Waals surface area contributed by atoms with Crippen LogP contribution in [0.15, 0.2) is 18.2 Å². The van der Waals surface area contributed by atoms with Crippen LogP contribution < -0.4 is 5.32 Å². The van der Waals surface area contributed by atoms with E-state index in [-0.39, 0.29) is 36.5 Å². The molecule has 3 nitrogen and oxygen atoms in total. The van der Waals surface area contributed by atoms with Gasteiger partial charge in [-0.2, -0.15) is 0 Å². The van der Waals surface area contributed by atoms with Gasteiger partial charge < -0.3 is 10.1 Å². The maximum Gasteiger partial charge on any atom is 0.307 e. The summed E-state index contributed by atoms with van der Waals surface area (Å²) >= 11 is 0. The Labute approximate surface area is 118 Å². The number of esters is 1. The fraction of sp³-hybridized carbons (Fsp3) is 0.533. The van der Waals surface area contributed by atoms with Gasteiger partial charge in [0.1, 0.15) is 11.6 Å². The average Bonchev–Trinajstić information content (AvgIpc) is 2.42. The Morgan fingerprint density at radius 1 is 1.40 bits per heavy atom. The number of nitrogens with one attached hydrogen (secondary N) is 1. The van der Waals surface area contributed by atoms with Gasteiger partial charge in [-0.25, -0.2) is 8.78 Å². The Kier molecular flexibility index (Phi) is 6.58. The monoisotopic (exact) mass is 285 g/mol. The zero-order valence-electron chi connectivity index (χ0n) is 12.1. The third kappa shape index (κ3) is 5.25. The van der Waals surface area contributed by atoms with Crippen LogP contribution >= 0.6 is 0 Å². The maximum absolute atomic E-state index is 13.7. The largest absolute Gasteiger partial charge is 0.469 e. The molecule has 2 atom stereocenters. The standard InChI is InChI=1S/C15H21F2NO2/c1-4-10(2)18-13(9-15(19)20-3)8-11-7-12(16)5-6-14(11)17/h5-7,10,13,18H,4,8-9H2,1-3H3. The van der Waals surface area contributed by atoms with Gasteiger partial charge in [-0.3, -0.25) is 4.79 Å². The van der Waals surface area contributed by atoms with Gasteiger partial charge in [-0.05, 0) is 43.5 Å². The number of hydrogen-bond donors (Lipinski definition) is 1. The summed E-state index contributed by atoms with van der Waals surface area (Å²) in [4.78, 5) is 11.4. The summed E-state index contributed by atoms with van der Waals surface area (Å²) in [5, 5.41) is 3.24. The molecule has 112 valence electrons. The first-order valence-electron chi connectivity index (χ1n) is 6.73. The molecule has 0 aliphatic carbocycles. The molecule has 0 amide bonds. The topological polar surface area (TPSA) is 38.3 Å². The van der Waals surface area contributed by atoms with Crippen LogP contribution in [-0.4, -0.2) is 25.2 Å². The Hall–Kier alpha value is -1.49. The number of ether oxygens (including phenoxy) is 1. The van der Waals surface area contributed by atoms with Crippen LogP contribution in [-0.2, 0) is 16.0 Å². The minimum atomic E-state index is -0.484. The highest BCUT2D eigenvalue weighted by Crippen LogP contribution is 2.14. The summed E-state index contributed by atoms with van der Waals surface area (Å²) in [5.74, 6) is -1.32. The highest BCUT2D eigenvalue weighted by Gasteiger charge is 2.18. The summed E-state index contributed by atoms with van der Waals surface area (Å²) in [6, 6.07) is 3.24. The number of carbonyl (C=O) groups is 1. The van der Waals surface area contributed by atoms with Crippen LogP contribution in [0.3, 0.4) is 0 Å². The maximum atomic E-state index is 13.7. The Morgan fingerprint density at radius 2 is 2.10 bits per heavy atom. The van der Waals surface area contributed by atoms with Crippen LogP contribution in [0.4, 0.5) is 8.78 Å². The SMILES string of the molecule is CCC(C)NC(CC(=O)OC)Cc1cc(F)ccc1F. The third-order valence-corrected chi connectivity index (χ3v) is 3.25. The number of methoxy groups -OCH3 is 1. The Morgan fingerprint density at radius 3 is 2.70 bits per heavy atom. The van der Waals surface area contributed by atoms with Crippen molar-refractivity contribution in [2.75, 3.05) is 7.11 Å². The van der Waals surface area contributed by atoms with Gasteiger partial charge >= 0.3 is 5.97 Å². The molecule has 1 N–H and O–H groups in total. The molecule has 0 saturated carbocycles. The third-order valence-electron chi connectivity index (χ3n) is 3.25. The molecule has 0 bridgehead atoms. The molecule has 0 saturated heterocycles. The van der Waals surface area contributed by atoms with Gasteiger partial charge in [0, 0.05) is 12.1 Å². The highest BCUT2D eigenvalue weighted by molar-refractivity contribution is 5.70. The summed E-state index contributed by atoms with van der Waals surface area (Å²) in [7, 11) is 1.31. The van der Waals surface area contributed by atoms with E-state index in [1.165, 1.54) is 7.11 Å². The summed E-state index contributed by atoms with van der Waals surface area (Å²) in [6.07, 6.45) is 1.24. The van der Waals surface area contributed by atoms with E-state index >= 15 is 0 Å². The lowest BCUT2D eigenvalue weighted by atomic mass is 10.0. The van der Waals surface area contributed by atoms with Crippen molar-refractivity contribution < 1.29 is 18.3 Å². The molecule has 1 aromatic rings. The predicted octanol–water partition coefficient (Wildman–Crippen LogP) is 2.83. The molecule has 5 heteroatoms. The molecule has 0 radical (unpaired) electrons. The minimum absolute atomic E-state index is 0.122. The van der Waals surface area contributed by atoms with Crippen LogP contribution in [0.1, 0.15) is 32.3 Å². The number of hydrogen-bond acceptors (Lipinski definition) is 3. The fourth-order valence-corrected chi connectivity index (χ4v) is 1.96. The Bertz CT molecular complexity index is 451. The van der Waals surface area contributed by atoms with E-state index in [1.807, 2.05) is 13.8 Å². The molecule has 0 aromatic heterocycles. The van der Waals surface area contributed by atoms with Crippen molar-refractivity contribution in [2.24, 2.45) is 0 Å². The summed E-state index contributed by atoms with van der Waals surface area (Å²) in [6.45, 7) is 3.99. The van der Waals surface area contributed by atoms with Crippen molar-refractivity contribution in [3.63, 3.8) is 0 Å². The van der Waals surface area contributed by atoms with Gasteiger partial charge in [0.15, 0.2) is 0 Å². The summed E-state index contributed by atoms with van der Waals surface area (Å²) in [5.41, 5.74) is 0.259. The van der Waals surface area contributed by atoms with Crippen LogP contribution in [0.25, 0.3) is 0 Å². The highest BCUT2D eigenvalue weighted by atomic mass is 19.1. The van der Waals surface area contributed by atoms with Crippen molar-refractivity contribution in [3.05, 3.63) is 35.4 Å². The van der Waals surface area contributed by atoms with E-state index in [0.29, 0.717) is 0 Å². The summed E-state index contributed by atoms with van der Waals surface area (Å²) < 4.78 is 31.5. The lowest BCUT2D eigenvalue weighted by Gasteiger charge is -2.22. The van der Waals surface area contributed by atoms with Crippen molar-refractivity contribution in [1.82, 2.24) is 5.32 Å². The van der Waals surface area contributed by atoms with Gasteiger partial charge in [0.05, 0.1) is 13.5 Å². The van der Waals surface area contributed by atoms with Crippen LogP contribution in [0.5, 0.6) is 0 Å². The molecule has 0 aliphatic rings. The van der Waals surface area contributed by atoms with E-state index in [4.69, 9.17) is 0 Å². The number of benzene rings is 1. The van der Waals surface area contributed by atoms with Gasteiger partial charge in [0.2, 0.25) is 0 Å². The second kappa shape index (κ2) is 7.94. The lowest BCUT2D eigenvalue weighted by Crippen LogP contribution is -2.39. The van der Waals surface area contributed by atoms with E-state index < -0.39 is 11.6 Å². The molecular formula is C15H21F2NO2. The first-order chi connectivity index (χ1) is 9.46. The number of halogens is 2. The second-order valence-corrected chi connectivity index (χ2v) is 4.89. The normalized spacial score (nSPS) is 13.8. The fourth-order valence-electron chi connectivity index (χ4n) is 1.96. The zero-order chi connectivity index (χ0) is 15.1. The number of rotatable bonds is 7. The van der Waals surface area contributed by atoms with Gasteiger partial charge in [-0.15, -0.1) is 0 Å². The minimum Gasteiger partial charge on any atom is -0.469 e. The van der Waals surface area contributed by atoms with Crippen molar-refractivity contribution in [2.45, 2.75) is 45.2 Å². The van der Waals surface area contributed by atoms with Crippen molar-refractivity contribution in [1.29, 1.82) is 0 Å². The molecule has 1 aromatic carbocycles. The molecule has 20 heavy (non-hydrogen) atoms. The average molecular weight is 285 g/mol. The molecule has 0 heterocycles. The predicted molar refractivity (Wildman–Crippen MR) is 73.4 cm³/mol. The molecule has 0 fully saturated rings. The Balaban J connectivity index is 2.81. The molecule has 0 spiro atoms.